The molecule has 0 saturated heterocycles. The predicted molar refractivity (Wildman–Crippen MR) is 86.9 cm³/mol. The molecular formula is C15H20N2O7S. The van der Waals surface area contributed by atoms with Crippen LogP contribution in [0.4, 0.5) is 0 Å². The summed E-state index contributed by atoms with van der Waals surface area (Å²) in [5, 5.41) is 11.1. The van der Waals surface area contributed by atoms with Gasteiger partial charge in [0.25, 0.3) is 16.0 Å². The summed E-state index contributed by atoms with van der Waals surface area (Å²) >= 11 is 0. The minimum atomic E-state index is -4.19. The van der Waals surface area contributed by atoms with Gasteiger partial charge in [-0.3, -0.25) is 13.8 Å². The number of benzene rings is 1. The number of rotatable bonds is 9. The van der Waals surface area contributed by atoms with Crippen LogP contribution in [0.5, 0.6) is 0 Å². The fourth-order valence-corrected chi connectivity index (χ4v) is 2.88. The van der Waals surface area contributed by atoms with Crippen molar-refractivity contribution in [3.63, 3.8) is 0 Å². The van der Waals surface area contributed by atoms with Gasteiger partial charge in [0.1, 0.15) is 6.04 Å². The van der Waals surface area contributed by atoms with E-state index in [9.17, 15) is 22.8 Å². The van der Waals surface area contributed by atoms with Crippen molar-refractivity contribution in [3.05, 3.63) is 29.8 Å². The Bertz CT molecular complexity index is 744. The van der Waals surface area contributed by atoms with Crippen LogP contribution in [0, 0.1) is 6.92 Å². The highest BCUT2D eigenvalue weighted by molar-refractivity contribution is 7.86. The normalized spacial score (nSPS) is 13.7. The second-order valence-electron chi connectivity index (χ2n) is 5.41. The van der Waals surface area contributed by atoms with E-state index in [1.54, 1.807) is 19.1 Å². The Morgan fingerprint density at radius 1 is 1.24 bits per heavy atom. The van der Waals surface area contributed by atoms with Crippen LogP contribution < -0.4 is 11.1 Å². The molecule has 0 saturated carbocycles. The van der Waals surface area contributed by atoms with Crippen LogP contribution in [0.1, 0.15) is 25.3 Å². The zero-order valence-corrected chi connectivity index (χ0v) is 14.6. The lowest BCUT2D eigenvalue weighted by Crippen LogP contribution is -2.46. The standard InChI is InChI=1S/C15H20N2O7S/c1-9-3-5-11(6-4-9)25(22,23)24-10(2)14(19)17-12(15(20)21)7-8-13(16)18/h3-6,10,12H,7-8H2,1-2H3,(H2,16,18)(H,17,19)(H,20,21)/t10-,12+/m1/s1. The molecule has 2 atom stereocenters. The van der Waals surface area contributed by atoms with Gasteiger partial charge in [0.2, 0.25) is 5.91 Å². The van der Waals surface area contributed by atoms with Crippen LogP contribution in [0.15, 0.2) is 29.2 Å². The molecule has 0 aliphatic carbocycles. The third-order valence-corrected chi connectivity index (χ3v) is 4.64. The fourth-order valence-electron chi connectivity index (χ4n) is 1.83. The number of carbonyl (C=O) groups is 3. The second kappa shape index (κ2) is 8.58. The Morgan fingerprint density at radius 2 is 1.80 bits per heavy atom. The summed E-state index contributed by atoms with van der Waals surface area (Å²) in [5.41, 5.74) is 5.79. The summed E-state index contributed by atoms with van der Waals surface area (Å²) in [4.78, 5) is 33.7. The monoisotopic (exact) mass is 372 g/mol. The van der Waals surface area contributed by atoms with Crippen LogP contribution in [0.25, 0.3) is 0 Å². The van der Waals surface area contributed by atoms with Gasteiger partial charge in [-0.25, -0.2) is 4.79 Å². The zero-order chi connectivity index (χ0) is 19.2. The Hall–Kier alpha value is -2.46. The van der Waals surface area contributed by atoms with Crippen molar-refractivity contribution in [2.45, 2.75) is 43.7 Å². The molecule has 0 heterocycles. The molecule has 9 nitrogen and oxygen atoms in total. The van der Waals surface area contributed by atoms with Gasteiger partial charge in [-0.2, -0.15) is 8.42 Å². The summed E-state index contributed by atoms with van der Waals surface area (Å²) in [6, 6.07) is 4.44. The van der Waals surface area contributed by atoms with E-state index in [0.717, 1.165) is 5.56 Å². The SMILES string of the molecule is Cc1ccc(S(=O)(=O)O[C@H](C)C(=O)N[C@@H](CCC(N)=O)C(=O)O)cc1. The first-order chi connectivity index (χ1) is 11.5. The number of carboxylic acid groups (broad SMARTS) is 1. The molecule has 0 spiro atoms. The lowest BCUT2D eigenvalue weighted by molar-refractivity contribution is -0.143. The highest BCUT2D eigenvalue weighted by Gasteiger charge is 2.27. The van der Waals surface area contributed by atoms with Crippen molar-refractivity contribution in [2.24, 2.45) is 5.73 Å². The van der Waals surface area contributed by atoms with E-state index in [4.69, 9.17) is 15.0 Å². The van der Waals surface area contributed by atoms with E-state index < -0.39 is 40.0 Å². The maximum absolute atomic E-state index is 12.1. The smallest absolute Gasteiger partial charge is 0.326 e. The number of nitrogens with one attached hydrogen (secondary N) is 1. The number of amides is 2. The molecule has 10 heteroatoms. The van der Waals surface area contributed by atoms with E-state index in [0.29, 0.717) is 0 Å². The van der Waals surface area contributed by atoms with Crippen molar-refractivity contribution < 1.29 is 32.1 Å². The maximum atomic E-state index is 12.1. The third-order valence-electron chi connectivity index (χ3n) is 3.24. The van der Waals surface area contributed by atoms with Crippen LogP contribution >= 0.6 is 0 Å². The maximum Gasteiger partial charge on any atom is 0.326 e. The Balaban J connectivity index is 2.75. The third kappa shape index (κ3) is 6.51. The molecule has 25 heavy (non-hydrogen) atoms. The Kier molecular flexibility index (Phi) is 7.07. The first-order valence-electron chi connectivity index (χ1n) is 7.34. The van der Waals surface area contributed by atoms with Gasteiger partial charge >= 0.3 is 5.97 Å². The summed E-state index contributed by atoms with van der Waals surface area (Å²) in [5.74, 6) is -3.03. The lowest BCUT2D eigenvalue weighted by atomic mass is 10.1. The topological polar surface area (TPSA) is 153 Å². The number of aryl methyl sites for hydroxylation is 1. The Morgan fingerprint density at radius 3 is 2.28 bits per heavy atom. The predicted octanol–water partition coefficient (Wildman–Crippen LogP) is -0.0763. The molecule has 1 aromatic carbocycles. The summed E-state index contributed by atoms with van der Waals surface area (Å²) in [6.45, 7) is 2.96. The summed E-state index contributed by atoms with van der Waals surface area (Å²) in [6.07, 6.45) is -1.91. The van der Waals surface area contributed by atoms with E-state index in [-0.39, 0.29) is 17.7 Å². The molecule has 138 valence electrons. The molecule has 2 amide bonds. The first kappa shape index (κ1) is 20.6. The largest absolute Gasteiger partial charge is 0.480 e. The molecule has 0 aliphatic rings. The van der Waals surface area contributed by atoms with Crippen molar-refractivity contribution in [3.8, 4) is 0 Å². The lowest BCUT2D eigenvalue weighted by Gasteiger charge is -2.17. The number of hydrogen-bond acceptors (Lipinski definition) is 6. The summed E-state index contributed by atoms with van der Waals surface area (Å²) < 4.78 is 29.0. The van der Waals surface area contributed by atoms with Gasteiger partial charge in [-0.15, -0.1) is 0 Å². The number of carbonyl (C=O) groups excluding carboxylic acids is 2. The van der Waals surface area contributed by atoms with Gasteiger partial charge in [-0.1, -0.05) is 17.7 Å². The van der Waals surface area contributed by atoms with E-state index in [2.05, 4.69) is 5.32 Å². The molecule has 1 rings (SSSR count). The van der Waals surface area contributed by atoms with Crippen LogP contribution in [0.3, 0.4) is 0 Å². The molecule has 0 fully saturated rings. The van der Waals surface area contributed by atoms with Gasteiger partial charge in [0, 0.05) is 6.42 Å². The Labute approximate surface area is 145 Å². The van der Waals surface area contributed by atoms with Crippen LogP contribution in [-0.4, -0.2) is 43.5 Å². The fraction of sp³-hybridized carbons (Fsp3) is 0.400. The number of hydrogen-bond donors (Lipinski definition) is 3. The highest BCUT2D eigenvalue weighted by atomic mass is 32.2. The average molecular weight is 372 g/mol. The van der Waals surface area contributed by atoms with Crippen molar-refractivity contribution in [1.29, 1.82) is 0 Å². The number of nitrogens with two attached hydrogens (primary N) is 1. The van der Waals surface area contributed by atoms with Crippen molar-refractivity contribution in [2.75, 3.05) is 0 Å². The second-order valence-corrected chi connectivity index (χ2v) is 6.98. The molecule has 4 N–H and O–H groups in total. The molecule has 0 unspecified atom stereocenters. The minimum absolute atomic E-state index is 0.124. The molecule has 0 bridgehead atoms. The quantitative estimate of drug-likeness (QED) is 0.513. The van der Waals surface area contributed by atoms with Gasteiger partial charge in [-0.05, 0) is 32.4 Å². The average Bonchev–Trinajstić information content (AvgIpc) is 2.50. The molecule has 0 aliphatic heterocycles. The van der Waals surface area contributed by atoms with Crippen LogP contribution in [-0.2, 0) is 28.7 Å². The van der Waals surface area contributed by atoms with Crippen molar-refractivity contribution in [1.82, 2.24) is 5.32 Å². The van der Waals surface area contributed by atoms with E-state index >= 15 is 0 Å². The molecule has 0 aromatic heterocycles. The van der Waals surface area contributed by atoms with E-state index in [1.807, 2.05) is 0 Å². The van der Waals surface area contributed by atoms with E-state index in [1.165, 1.54) is 19.1 Å². The molecule has 0 radical (unpaired) electrons. The number of aliphatic carboxylic acids is 1. The molecule has 1 aromatic rings. The van der Waals surface area contributed by atoms with Gasteiger partial charge in [0.15, 0.2) is 6.10 Å². The number of primary amides is 1. The number of carboxylic acids is 1. The zero-order valence-electron chi connectivity index (χ0n) is 13.8. The first-order valence-corrected chi connectivity index (χ1v) is 8.75. The highest BCUT2D eigenvalue weighted by Crippen LogP contribution is 2.15. The minimum Gasteiger partial charge on any atom is -0.480 e. The van der Waals surface area contributed by atoms with Gasteiger partial charge < -0.3 is 16.2 Å². The van der Waals surface area contributed by atoms with Crippen molar-refractivity contribution >= 4 is 27.9 Å². The molecular weight excluding hydrogens is 352 g/mol. The summed E-state index contributed by atoms with van der Waals surface area (Å²) in [7, 11) is -4.19. The van der Waals surface area contributed by atoms with Crippen LogP contribution in [0.2, 0.25) is 0 Å². The van der Waals surface area contributed by atoms with Gasteiger partial charge in [0.05, 0.1) is 4.90 Å².